The minimum absolute atomic E-state index is 0.00131. The van der Waals surface area contributed by atoms with Gasteiger partial charge in [-0.3, -0.25) is 9.36 Å². The maximum absolute atomic E-state index is 12.6. The summed E-state index contributed by atoms with van der Waals surface area (Å²) >= 11 is 0. The third-order valence-electron chi connectivity index (χ3n) is 5.90. The maximum atomic E-state index is 12.6. The molecule has 0 aliphatic heterocycles. The Bertz CT molecular complexity index is 1590. The molecule has 31 heavy (non-hydrogen) atoms. The van der Waals surface area contributed by atoms with Gasteiger partial charge in [0.2, 0.25) is 5.91 Å². The smallest absolute Gasteiger partial charge is 0.228 e. The Kier molecular flexibility index (Phi) is 3.84. The quantitative estimate of drug-likeness (QED) is 0.300. The highest BCUT2D eigenvalue weighted by Crippen LogP contribution is 2.43. The van der Waals surface area contributed by atoms with Crippen molar-refractivity contribution in [3.8, 4) is 22.5 Å². The molecule has 0 amide bonds. The molecule has 0 bridgehead atoms. The molecule has 0 saturated heterocycles. The van der Waals surface area contributed by atoms with Crippen molar-refractivity contribution < 1.29 is 9.21 Å². The Morgan fingerprint density at radius 2 is 1.32 bits per heavy atom. The first-order valence-electron chi connectivity index (χ1n) is 10.3. The number of nitrogens with zero attached hydrogens (tertiary/aromatic N) is 1. The van der Waals surface area contributed by atoms with Gasteiger partial charge in [0.15, 0.2) is 0 Å². The molecule has 4 aromatic carbocycles. The highest BCUT2D eigenvalue weighted by molar-refractivity contribution is 6.18. The molecule has 2 heterocycles. The number of hydrogen-bond donors (Lipinski definition) is 0. The van der Waals surface area contributed by atoms with Crippen molar-refractivity contribution in [2.75, 3.05) is 0 Å². The number of aromatic nitrogens is 1. The predicted octanol–water partition coefficient (Wildman–Crippen LogP) is 7.53. The molecule has 0 N–H and O–H groups in total. The molecule has 0 spiro atoms. The fourth-order valence-electron chi connectivity index (χ4n) is 4.58. The Morgan fingerprint density at radius 3 is 2.03 bits per heavy atom. The fraction of sp³-hybridized carbons (Fsp3) is 0.0357. The number of benzene rings is 4. The summed E-state index contributed by atoms with van der Waals surface area (Å²) in [4.78, 5) is 12.6. The number of hydrogen-bond acceptors (Lipinski definition) is 2. The second-order valence-corrected chi connectivity index (χ2v) is 7.78. The van der Waals surface area contributed by atoms with E-state index in [9.17, 15) is 4.79 Å². The van der Waals surface area contributed by atoms with Crippen molar-refractivity contribution in [2.24, 2.45) is 0 Å². The maximum Gasteiger partial charge on any atom is 0.228 e. The third kappa shape index (κ3) is 2.63. The van der Waals surface area contributed by atoms with Gasteiger partial charge in [-0.15, -0.1) is 0 Å². The van der Waals surface area contributed by atoms with Crippen LogP contribution in [0.15, 0.2) is 101 Å². The van der Waals surface area contributed by atoms with Crippen LogP contribution in [-0.2, 0) is 0 Å². The van der Waals surface area contributed by atoms with E-state index in [4.69, 9.17) is 4.42 Å². The molecular weight excluding hydrogens is 382 g/mol. The molecule has 3 heteroatoms. The monoisotopic (exact) mass is 401 g/mol. The van der Waals surface area contributed by atoms with E-state index in [1.165, 1.54) is 0 Å². The van der Waals surface area contributed by atoms with Crippen molar-refractivity contribution in [2.45, 2.75) is 6.92 Å². The van der Waals surface area contributed by atoms with Crippen LogP contribution in [0.3, 0.4) is 0 Å². The van der Waals surface area contributed by atoms with Crippen molar-refractivity contribution in [3.63, 3.8) is 0 Å². The lowest BCUT2D eigenvalue weighted by atomic mass is 9.98. The number of carbonyl (C=O) groups is 1. The molecule has 148 valence electrons. The minimum atomic E-state index is -0.00131. The number of carbonyl (C=O) groups excluding carboxylic acids is 1. The summed E-state index contributed by atoms with van der Waals surface area (Å²) in [7, 11) is 0. The van der Waals surface area contributed by atoms with Gasteiger partial charge in [-0.2, -0.15) is 0 Å². The summed E-state index contributed by atoms with van der Waals surface area (Å²) in [6, 6.07) is 32.6. The van der Waals surface area contributed by atoms with Crippen molar-refractivity contribution >= 4 is 38.7 Å². The normalized spacial score (nSPS) is 11.5. The van der Waals surface area contributed by atoms with Crippen LogP contribution in [0.5, 0.6) is 0 Å². The van der Waals surface area contributed by atoms with E-state index in [1.54, 1.807) is 11.5 Å². The molecule has 0 saturated carbocycles. The molecule has 6 aromatic rings. The Balaban J connectivity index is 1.78. The molecule has 3 nitrogen and oxygen atoms in total. The predicted molar refractivity (Wildman–Crippen MR) is 126 cm³/mol. The van der Waals surface area contributed by atoms with E-state index in [0.717, 1.165) is 55.2 Å². The SMILES string of the molecule is CC(=O)n1c2ccccc2c2cc3oc(-c4ccccc4)c(-c4ccccc4)c3cc21. The minimum Gasteiger partial charge on any atom is -0.455 e. The second-order valence-electron chi connectivity index (χ2n) is 7.78. The van der Waals surface area contributed by atoms with Crippen LogP contribution in [0, 0.1) is 0 Å². The number of furan rings is 1. The average molecular weight is 401 g/mol. The number of para-hydroxylation sites is 1. The first-order chi connectivity index (χ1) is 15.2. The summed E-state index contributed by atoms with van der Waals surface area (Å²) < 4.78 is 8.27. The van der Waals surface area contributed by atoms with Gasteiger partial charge >= 0.3 is 0 Å². The van der Waals surface area contributed by atoms with Crippen LogP contribution < -0.4 is 0 Å². The molecule has 6 rings (SSSR count). The number of fused-ring (bicyclic) bond motifs is 4. The zero-order valence-electron chi connectivity index (χ0n) is 17.0. The van der Waals surface area contributed by atoms with E-state index in [2.05, 4.69) is 42.5 Å². The van der Waals surface area contributed by atoms with E-state index in [0.29, 0.717) is 0 Å². The average Bonchev–Trinajstić information content (AvgIpc) is 3.34. The molecule has 0 atom stereocenters. The van der Waals surface area contributed by atoms with Crippen molar-refractivity contribution in [1.29, 1.82) is 0 Å². The lowest BCUT2D eigenvalue weighted by Crippen LogP contribution is -2.04. The van der Waals surface area contributed by atoms with Crippen LogP contribution in [0.4, 0.5) is 0 Å². The van der Waals surface area contributed by atoms with E-state index in [-0.39, 0.29) is 5.91 Å². The molecule has 2 aromatic heterocycles. The van der Waals surface area contributed by atoms with E-state index < -0.39 is 0 Å². The fourth-order valence-corrected chi connectivity index (χ4v) is 4.58. The molecule has 0 unspecified atom stereocenters. The molecular formula is C28H19NO2. The first-order valence-corrected chi connectivity index (χ1v) is 10.3. The van der Waals surface area contributed by atoms with Gasteiger partial charge in [0.05, 0.1) is 11.0 Å². The van der Waals surface area contributed by atoms with Crippen molar-refractivity contribution in [3.05, 3.63) is 97.1 Å². The van der Waals surface area contributed by atoms with Gasteiger partial charge in [-0.1, -0.05) is 78.9 Å². The van der Waals surface area contributed by atoms with Gasteiger partial charge in [-0.25, -0.2) is 0 Å². The van der Waals surface area contributed by atoms with E-state index >= 15 is 0 Å². The molecule has 0 aliphatic carbocycles. The summed E-state index contributed by atoms with van der Waals surface area (Å²) in [6.07, 6.45) is 0. The first kappa shape index (κ1) is 17.7. The Morgan fingerprint density at radius 1 is 0.677 bits per heavy atom. The number of rotatable bonds is 2. The largest absolute Gasteiger partial charge is 0.455 e. The molecule has 0 radical (unpaired) electrons. The Hall–Kier alpha value is -4.11. The summed E-state index contributed by atoms with van der Waals surface area (Å²) in [6.45, 7) is 1.61. The topological polar surface area (TPSA) is 35.1 Å². The highest BCUT2D eigenvalue weighted by Gasteiger charge is 2.21. The summed E-state index contributed by atoms with van der Waals surface area (Å²) in [5.41, 5.74) is 5.80. The zero-order valence-corrected chi connectivity index (χ0v) is 17.0. The van der Waals surface area contributed by atoms with Gasteiger partial charge in [0.1, 0.15) is 11.3 Å². The molecule has 0 aliphatic rings. The lowest BCUT2D eigenvalue weighted by molar-refractivity contribution is 0.0946. The summed E-state index contributed by atoms with van der Waals surface area (Å²) in [5.74, 6) is 0.840. The van der Waals surface area contributed by atoms with Gasteiger partial charge in [-0.05, 0) is 23.8 Å². The standard InChI is InChI=1S/C28H19NO2/c1-18(30)29-24-15-9-8-14-21(24)22-17-26-23(16-25(22)29)27(19-10-4-2-5-11-19)28(31-26)20-12-6-3-7-13-20/h2-17H,1H3. The van der Waals surface area contributed by atoms with Crippen LogP contribution in [-0.4, -0.2) is 10.5 Å². The molecule has 0 fully saturated rings. The van der Waals surface area contributed by atoms with Gasteiger partial charge in [0.25, 0.3) is 0 Å². The van der Waals surface area contributed by atoms with Gasteiger partial charge < -0.3 is 4.42 Å². The lowest BCUT2D eigenvalue weighted by Gasteiger charge is -2.05. The van der Waals surface area contributed by atoms with Crippen LogP contribution in [0.25, 0.3) is 55.2 Å². The van der Waals surface area contributed by atoms with Crippen LogP contribution in [0.1, 0.15) is 11.7 Å². The Labute approximate surface area is 179 Å². The van der Waals surface area contributed by atoms with Crippen molar-refractivity contribution in [1.82, 2.24) is 4.57 Å². The zero-order chi connectivity index (χ0) is 20.9. The van der Waals surface area contributed by atoms with E-state index in [1.807, 2.05) is 54.6 Å². The van der Waals surface area contributed by atoms with Crippen LogP contribution in [0.2, 0.25) is 0 Å². The van der Waals surface area contributed by atoms with Crippen LogP contribution >= 0.6 is 0 Å². The van der Waals surface area contributed by atoms with Gasteiger partial charge in [0, 0.05) is 34.2 Å². The third-order valence-corrected chi connectivity index (χ3v) is 5.90. The highest BCUT2D eigenvalue weighted by atomic mass is 16.3. The second kappa shape index (κ2) is 6.71. The summed E-state index contributed by atoms with van der Waals surface area (Å²) in [5, 5.41) is 3.07.